The van der Waals surface area contributed by atoms with Crippen LogP contribution in [0.1, 0.15) is 52.0 Å². The Labute approximate surface area is 112 Å². The highest BCUT2D eigenvalue weighted by molar-refractivity contribution is 5.34. The summed E-state index contributed by atoms with van der Waals surface area (Å²) in [4.78, 5) is 0. The number of benzene rings is 1. The third-order valence-corrected chi connectivity index (χ3v) is 3.64. The fourth-order valence-electron chi connectivity index (χ4n) is 2.75. The maximum atomic E-state index is 6.07. The molecule has 0 unspecified atom stereocenters. The topological polar surface area (TPSA) is 9.23 Å². The zero-order valence-corrected chi connectivity index (χ0v) is 12.0. The maximum absolute atomic E-state index is 6.07. The van der Waals surface area contributed by atoms with Crippen molar-refractivity contribution < 1.29 is 4.74 Å². The molecule has 2 rings (SSSR count). The van der Waals surface area contributed by atoms with Gasteiger partial charge >= 0.3 is 0 Å². The van der Waals surface area contributed by atoms with E-state index in [9.17, 15) is 0 Å². The van der Waals surface area contributed by atoms with Crippen LogP contribution >= 0.6 is 0 Å². The molecule has 0 saturated heterocycles. The molecule has 1 aromatic rings. The number of hydrogen-bond donors (Lipinski definition) is 0. The number of rotatable bonds is 4. The van der Waals surface area contributed by atoms with E-state index >= 15 is 0 Å². The van der Waals surface area contributed by atoms with Gasteiger partial charge < -0.3 is 4.74 Å². The van der Waals surface area contributed by atoms with Gasteiger partial charge in [0.25, 0.3) is 0 Å². The van der Waals surface area contributed by atoms with Crippen LogP contribution in [-0.4, -0.2) is 6.61 Å². The molecule has 0 radical (unpaired) electrons. The van der Waals surface area contributed by atoms with Crippen LogP contribution in [0.25, 0.3) is 0 Å². The monoisotopic (exact) mass is 246 g/mol. The number of ether oxygens (including phenoxy) is 1. The molecule has 1 aliphatic carbocycles. The molecule has 0 aliphatic heterocycles. The van der Waals surface area contributed by atoms with Crippen molar-refractivity contribution in [2.75, 3.05) is 6.61 Å². The van der Waals surface area contributed by atoms with Gasteiger partial charge in [0.1, 0.15) is 5.75 Å². The highest BCUT2D eigenvalue weighted by Crippen LogP contribution is 2.29. The summed E-state index contributed by atoms with van der Waals surface area (Å²) < 4.78 is 6.07. The van der Waals surface area contributed by atoms with Crippen molar-refractivity contribution in [3.05, 3.63) is 29.8 Å². The standard InChI is InChI=1S/C17H26O/c1-17(2,3)12-15-10-6-7-11-16(15)18-13-14-8-4-5-9-14/h6-7,10-11,14H,4-5,8-9,12-13H2,1-3H3. The Bertz CT molecular complexity index is 369. The van der Waals surface area contributed by atoms with Gasteiger partial charge in [-0.15, -0.1) is 0 Å². The van der Waals surface area contributed by atoms with Gasteiger partial charge in [0.05, 0.1) is 6.61 Å². The van der Waals surface area contributed by atoms with E-state index in [1.54, 1.807) is 0 Å². The van der Waals surface area contributed by atoms with E-state index in [1.807, 2.05) is 0 Å². The number of para-hydroxylation sites is 1. The molecular formula is C17H26O. The molecule has 0 amide bonds. The lowest BCUT2D eigenvalue weighted by atomic mass is 9.88. The normalized spacial score (nSPS) is 17.1. The van der Waals surface area contributed by atoms with E-state index in [0.29, 0.717) is 5.41 Å². The molecule has 0 bridgehead atoms. The van der Waals surface area contributed by atoms with Crippen LogP contribution in [0.4, 0.5) is 0 Å². The average molecular weight is 246 g/mol. The lowest BCUT2D eigenvalue weighted by molar-refractivity contribution is 0.247. The summed E-state index contributed by atoms with van der Waals surface area (Å²) in [5.74, 6) is 1.88. The minimum atomic E-state index is 0.312. The predicted molar refractivity (Wildman–Crippen MR) is 77.1 cm³/mol. The molecule has 0 N–H and O–H groups in total. The van der Waals surface area contributed by atoms with Crippen LogP contribution in [0.2, 0.25) is 0 Å². The Kier molecular flexibility index (Phi) is 4.31. The molecule has 1 saturated carbocycles. The summed E-state index contributed by atoms with van der Waals surface area (Å²) in [5, 5.41) is 0. The van der Waals surface area contributed by atoms with Crippen LogP contribution in [0, 0.1) is 11.3 Å². The second kappa shape index (κ2) is 5.77. The Morgan fingerprint density at radius 3 is 2.44 bits per heavy atom. The Morgan fingerprint density at radius 1 is 1.11 bits per heavy atom. The van der Waals surface area contributed by atoms with E-state index in [0.717, 1.165) is 24.7 Å². The van der Waals surface area contributed by atoms with Crippen molar-refractivity contribution >= 4 is 0 Å². The third kappa shape index (κ3) is 4.04. The maximum Gasteiger partial charge on any atom is 0.122 e. The fourth-order valence-corrected chi connectivity index (χ4v) is 2.75. The number of hydrogen-bond acceptors (Lipinski definition) is 1. The van der Waals surface area contributed by atoms with E-state index < -0.39 is 0 Å². The summed E-state index contributed by atoms with van der Waals surface area (Å²) in [7, 11) is 0. The smallest absolute Gasteiger partial charge is 0.122 e. The molecule has 18 heavy (non-hydrogen) atoms. The molecule has 0 aromatic heterocycles. The molecule has 1 fully saturated rings. The van der Waals surface area contributed by atoms with E-state index in [-0.39, 0.29) is 0 Å². The van der Waals surface area contributed by atoms with Crippen LogP contribution in [0.5, 0.6) is 5.75 Å². The molecule has 0 atom stereocenters. The summed E-state index contributed by atoms with van der Waals surface area (Å²) in [6.07, 6.45) is 6.55. The van der Waals surface area contributed by atoms with Crippen molar-refractivity contribution in [3.8, 4) is 5.75 Å². The first kappa shape index (κ1) is 13.5. The molecule has 0 heterocycles. The van der Waals surface area contributed by atoms with Gasteiger partial charge in [0.15, 0.2) is 0 Å². The Morgan fingerprint density at radius 2 is 1.78 bits per heavy atom. The minimum Gasteiger partial charge on any atom is -0.493 e. The molecule has 1 aromatic carbocycles. The first-order chi connectivity index (χ1) is 8.54. The first-order valence-electron chi connectivity index (χ1n) is 7.25. The van der Waals surface area contributed by atoms with Gasteiger partial charge in [-0.25, -0.2) is 0 Å². The minimum absolute atomic E-state index is 0.312. The summed E-state index contributed by atoms with van der Waals surface area (Å²) in [5.41, 5.74) is 1.66. The van der Waals surface area contributed by atoms with Crippen molar-refractivity contribution in [1.29, 1.82) is 0 Å². The van der Waals surface area contributed by atoms with Crippen molar-refractivity contribution in [2.45, 2.75) is 52.9 Å². The zero-order valence-electron chi connectivity index (χ0n) is 12.0. The van der Waals surface area contributed by atoms with Crippen molar-refractivity contribution in [3.63, 3.8) is 0 Å². The third-order valence-electron chi connectivity index (χ3n) is 3.64. The second-order valence-corrected chi connectivity index (χ2v) is 6.81. The van der Waals surface area contributed by atoms with Crippen molar-refractivity contribution in [1.82, 2.24) is 0 Å². The van der Waals surface area contributed by atoms with Gasteiger partial charge in [0, 0.05) is 0 Å². The highest BCUT2D eigenvalue weighted by atomic mass is 16.5. The van der Waals surface area contributed by atoms with Gasteiger partial charge in [-0.2, -0.15) is 0 Å². The molecule has 1 aliphatic rings. The Hall–Kier alpha value is -0.980. The van der Waals surface area contributed by atoms with Gasteiger partial charge in [-0.1, -0.05) is 51.8 Å². The second-order valence-electron chi connectivity index (χ2n) is 6.81. The molecule has 100 valence electrons. The Balaban J connectivity index is 1.98. The van der Waals surface area contributed by atoms with Crippen LogP contribution in [-0.2, 0) is 6.42 Å². The van der Waals surface area contributed by atoms with Crippen LogP contribution < -0.4 is 4.74 Å². The fraction of sp³-hybridized carbons (Fsp3) is 0.647. The summed E-state index contributed by atoms with van der Waals surface area (Å²) in [6, 6.07) is 8.52. The average Bonchev–Trinajstić information content (AvgIpc) is 2.79. The van der Waals surface area contributed by atoms with Gasteiger partial charge in [0.2, 0.25) is 0 Å². The van der Waals surface area contributed by atoms with E-state index in [4.69, 9.17) is 4.74 Å². The zero-order chi connectivity index (χ0) is 13.0. The summed E-state index contributed by atoms with van der Waals surface area (Å²) >= 11 is 0. The van der Waals surface area contributed by atoms with Crippen LogP contribution in [0.15, 0.2) is 24.3 Å². The van der Waals surface area contributed by atoms with E-state index in [1.165, 1.54) is 31.2 Å². The SMILES string of the molecule is CC(C)(C)Cc1ccccc1OCC1CCCC1. The van der Waals surface area contributed by atoms with Gasteiger partial charge in [-0.3, -0.25) is 0 Å². The molecule has 1 nitrogen and oxygen atoms in total. The highest BCUT2D eigenvalue weighted by Gasteiger charge is 2.18. The first-order valence-corrected chi connectivity index (χ1v) is 7.25. The summed E-state index contributed by atoms with van der Waals surface area (Å²) in [6.45, 7) is 7.74. The molecular weight excluding hydrogens is 220 g/mol. The lowest BCUT2D eigenvalue weighted by Gasteiger charge is -2.21. The molecule has 0 spiro atoms. The van der Waals surface area contributed by atoms with Crippen LogP contribution in [0.3, 0.4) is 0 Å². The predicted octanol–water partition coefficient (Wildman–Crippen LogP) is 4.84. The largest absolute Gasteiger partial charge is 0.493 e. The van der Waals surface area contributed by atoms with Crippen molar-refractivity contribution in [2.24, 2.45) is 11.3 Å². The molecule has 1 heteroatoms. The van der Waals surface area contributed by atoms with E-state index in [2.05, 4.69) is 45.0 Å². The van der Waals surface area contributed by atoms with Gasteiger partial charge in [-0.05, 0) is 42.2 Å². The quantitative estimate of drug-likeness (QED) is 0.738. The lowest BCUT2D eigenvalue weighted by Crippen LogP contribution is -2.13.